The average molecular weight is 359 g/mol. The first-order valence-electron chi connectivity index (χ1n) is 7.76. The molecule has 0 radical (unpaired) electrons. The fourth-order valence-electron chi connectivity index (χ4n) is 2.61. The van der Waals surface area contributed by atoms with E-state index in [1.165, 1.54) is 4.80 Å². The van der Waals surface area contributed by atoms with Crippen molar-refractivity contribution in [3.8, 4) is 34.4 Å². The van der Waals surface area contributed by atoms with Crippen molar-refractivity contribution >= 4 is 11.6 Å². The quantitative estimate of drug-likeness (QED) is 0.554. The van der Waals surface area contributed by atoms with E-state index in [1.807, 2.05) is 42.5 Å². The van der Waals surface area contributed by atoms with Crippen LogP contribution >= 0.6 is 11.6 Å². The smallest absolute Gasteiger partial charge is 0.205 e. The van der Waals surface area contributed by atoms with E-state index < -0.39 is 0 Å². The zero-order chi connectivity index (χ0) is 17.9. The van der Waals surface area contributed by atoms with Gasteiger partial charge in [0.1, 0.15) is 0 Å². The first kappa shape index (κ1) is 15.9. The molecule has 0 atom stereocenters. The highest BCUT2D eigenvalue weighted by molar-refractivity contribution is 6.31. The third-order valence-corrected chi connectivity index (χ3v) is 4.00. The van der Waals surface area contributed by atoms with E-state index in [1.54, 1.807) is 24.4 Å². The molecule has 0 N–H and O–H groups in total. The Balaban J connectivity index is 1.78. The third kappa shape index (κ3) is 3.04. The molecule has 0 aliphatic rings. The first-order chi connectivity index (χ1) is 12.7. The highest BCUT2D eigenvalue weighted by atomic mass is 35.5. The molecule has 2 heterocycles. The van der Waals surface area contributed by atoms with Crippen LogP contribution in [0.5, 0.6) is 0 Å². The van der Waals surface area contributed by atoms with E-state index in [-0.39, 0.29) is 0 Å². The number of tetrazole rings is 1. The fourth-order valence-corrected chi connectivity index (χ4v) is 2.84. The summed E-state index contributed by atoms with van der Waals surface area (Å²) in [6.07, 6.45) is 1.66. The minimum absolute atomic E-state index is 0.425. The third-order valence-electron chi connectivity index (χ3n) is 3.78. The van der Waals surface area contributed by atoms with E-state index in [0.717, 1.165) is 11.1 Å². The molecule has 0 unspecified atom stereocenters. The van der Waals surface area contributed by atoms with E-state index in [2.05, 4.69) is 26.5 Å². The predicted octanol–water partition coefficient (Wildman–Crippen LogP) is 3.92. The lowest BCUT2D eigenvalue weighted by atomic mass is 9.98. The van der Waals surface area contributed by atoms with Gasteiger partial charge in [-0.05, 0) is 52.7 Å². The zero-order valence-corrected chi connectivity index (χ0v) is 14.2. The van der Waals surface area contributed by atoms with Crippen LogP contribution in [0, 0.1) is 11.3 Å². The van der Waals surface area contributed by atoms with Crippen LogP contribution in [0.25, 0.3) is 28.3 Å². The molecular formula is C19H11ClN6. The maximum absolute atomic E-state index is 9.34. The number of halogens is 1. The topological polar surface area (TPSA) is 80.3 Å². The molecule has 0 fully saturated rings. The van der Waals surface area contributed by atoms with Gasteiger partial charge in [-0.3, -0.25) is 0 Å². The van der Waals surface area contributed by atoms with Crippen molar-refractivity contribution in [3.63, 3.8) is 0 Å². The number of hydrogen-bond acceptors (Lipinski definition) is 5. The van der Waals surface area contributed by atoms with Crippen molar-refractivity contribution in [1.82, 2.24) is 25.2 Å². The predicted molar refractivity (Wildman–Crippen MR) is 97.5 cm³/mol. The number of aromatic nitrogens is 5. The van der Waals surface area contributed by atoms with Gasteiger partial charge < -0.3 is 0 Å². The molecular weight excluding hydrogens is 348 g/mol. The summed E-state index contributed by atoms with van der Waals surface area (Å²) < 4.78 is 0. The lowest BCUT2D eigenvalue weighted by Gasteiger charge is -2.06. The summed E-state index contributed by atoms with van der Waals surface area (Å²) >= 11 is 6.29. The van der Waals surface area contributed by atoms with Crippen molar-refractivity contribution in [2.75, 3.05) is 0 Å². The minimum atomic E-state index is 0.425. The van der Waals surface area contributed by atoms with Gasteiger partial charge in [-0.2, -0.15) is 5.26 Å². The number of pyridine rings is 1. The van der Waals surface area contributed by atoms with Crippen molar-refractivity contribution in [1.29, 1.82) is 5.26 Å². The van der Waals surface area contributed by atoms with Crippen LogP contribution in [-0.4, -0.2) is 25.2 Å². The maximum Gasteiger partial charge on any atom is 0.205 e. The van der Waals surface area contributed by atoms with Crippen LogP contribution in [-0.2, 0) is 0 Å². The second-order valence-corrected chi connectivity index (χ2v) is 5.91. The maximum atomic E-state index is 9.34. The fraction of sp³-hybridized carbons (Fsp3) is 0. The number of benzene rings is 2. The van der Waals surface area contributed by atoms with Crippen LogP contribution in [0.2, 0.25) is 5.02 Å². The zero-order valence-electron chi connectivity index (χ0n) is 13.4. The molecule has 0 spiro atoms. The molecule has 2 aromatic carbocycles. The first-order valence-corrected chi connectivity index (χ1v) is 8.14. The lowest BCUT2D eigenvalue weighted by Crippen LogP contribution is -2.00. The Morgan fingerprint density at radius 3 is 2.58 bits per heavy atom. The molecule has 2 aromatic heterocycles. The van der Waals surface area contributed by atoms with Gasteiger partial charge in [0.25, 0.3) is 0 Å². The molecule has 0 aliphatic carbocycles. The second kappa shape index (κ2) is 6.75. The molecule has 4 rings (SSSR count). The number of nitriles is 1. The lowest BCUT2D eigenvalue weighted by molar-refractivity contribution is 0.701. The van der Waals surface area contributed by atoms with Crippen molar-refractivity contribution in [2.24, 2.45) is 0 Å². The van der Waals surface area contributed by atoms with Crippen molar-refractivity contribution in [2.45, 2.75) is 0 Å². The summed E-state index contributed by atoms with van der Waals surface area (Å²) in [6, 6.07) is 20.5. The van der Waals surface area contributed by atoms with Gasteiger partial charge >= 0.3 is 0 Å². The Labute approximate surface area is 154 Å². The van der Waals surface area contributed by atoms with Crippen molar-refractivity contribution < 1.29 is 0 Å². The van der Waals surface area contributed by atoms with Gasteiger partial charge in [0.05, 0.1) is 11.6 Å². The molecule has 124 valence electrons. The summed E-state index contributed by atoms with van der Waals surface area (Å²) in [5.74, 6) is 0.997. The Hall–Kier alpha value is -3.56. The van der Waals surface area contributed by atoms with Gasteiger partial charge in [-0.15, -0.1) is 15.0 Å². The van der Waals surface area contributed by atoms with E-state index >= 15 is 0 Å². The molecule has 0 aliphatic heterocycles. The van der Waals surface area contributed by atoms with Crippen LogP contribution in [0.15, 0.2) is 66.9 Å². The molecule has 26 heavy (non-hydrogen) atoms. The average Bonchev–Trinajstić information content (AvgIpc) is 3.18. The normalized spacial score (nSPS) is 10.5. The molecule has 0 saturated carbocycles. The van der Waals surface area contributed by atoms with Crippen LogP contribution < -0.4 is 0 Å². The Bertz CT molecular complexity index is 1110. The van der Waals surface area contributed by atoms with E-state index in [4.69, 9.17) is 11.6 Å². The minimum Gasteiger partial charge on any atom is -0.236 e. The Morgan fingerprint density at radius 2 is 1.77 bits per heavy atom. The standard InChI is InChI=1S/C19H11ClN6/c20-16-10-14(17-6-2-1-5-13(17)12-21)9-15(11-16)19-23-25-26(24-19)18-7-3-4-8-22-18/h1-11H. The SMILES string of the molecule is N#Cc1ccccc1-c1cc(Cl)cc(-c2nnn(-c3ccccn3)n2)c1. The molecule has 6 nitrogen and oxygen atoms in total. The summed E-state index contributed by atoms with van der Waals surface area (Å²) in [6.45, 7) is 0. The van der Waals surface area contributed by atoms with E-state index in [9.17, 15) is 5.26 Å². The molecule has 0 amide bonds. The summed E-state index contributed by atoms with van der Waals surface area (Å²) in [7, 11) is 0. The summed E-state index contributed by atoms with van der Waals surface area (Å²) in [5.41, 5.74) is 2.91. The highest BCUT2D eigenvalue weighted by Crippen LogP contribution is 2.30. The summed E-state index contributed by atoms with van der Waals surface area (Å²) in [5, 5.41) is 22.4. The summed E-state index contributed by atoms with van der Waals surface area (Å²) in [4.78, 5) is 5.56. The van der Waals surface area contributed by atoms with Crippen LogP contribution in [0.4, 0.5) is 0 Å². The molecule has 0 bridgehead atoms. The number of hydrogen-bond donors (Lipinski definition) is 0. The van der Waals surface area contributed by atoms with Gasteiger partial charge in [0, 0.05) is 16.8 Å². The Kier molecular flexibility index (Phi) is 4.14. The van der Waals surface area contributed by atoms with Gasteiger partial charge in [-0.1, -0.05) is 35.9 Å². The molecule has 4 aromatic rings. The van der Waals surface area contributed by atoms with Gasteiger partial charge in [0.15, 0.2) is 5.82 Å². The molecule has 0 saturated heterocycles. The van der Waals surface area contributed by atoms with Gasteiger partial charge in [-0.25, -0.2) is 4.98 Å². The van der Waals surface area contributed by atoms with Crippen LogP contribution in [0.3, 0.4) is 0 Å². The Morgan fingerprint density at radius 1 is 0.962 bits per heavy atom. The van der Waals surface area contributed by atoms with Gasteiger partial charge in [0.2, 0.25) is 5.82 Å². The number of rotatable bonds is 3. The monoisotopic (exact) mass is 358 g/mol. The largest absolute Gasteiger partial charge is 0.236 e. The van der Waals surface area contributed by atoms with E-state index in [0.29, 0.717) is 27.8 Å². The van der Waals surface area contributed by atoms with Crippen LogP contribution in [0.1, 0.15) is 5.56 Å². The molecule has 7 heteroatoms. The van der Waals surface area contributed by atoms with Crippen molar-refractivity contribution in [3.05, 3.63) is 77.4 Å². The second-order valence-electron chi connectivity index (χ2n) is 5.48. The number of nitrogens with zero attached hydrogens (tertiary/aromatic N) is 6. The highest BCUT2D eigenvalue weighted by Gasteiger charge is 2.12.